The maximum absolute atomic E-state index is 5.90. The van der Waals surface area contributed by atoms with Crippen molar-refractivity contribution in [2.24, 2.45) is 0 Å². The summed E-state index contributed by atoms with van der Waals surface area (Å²) in [6, 6.07) is 6.25. The van der Waals surface area contributed by atoms with Gasteiger partial charge in [-0.05, 0) is 54.6 Å². The molecule has 3 heteroatoms. The highest BCUT2D eigenvalue weighted by Gasteiger charge is 2.56. The van der Waals surface area contributed by atoms with Crippen LogP contribution in [0.5, 0.6) is 5.75 Å². The highest BCUT2D eigenvalue weighted by atomic mass is 127. The van der Waals surface area contributed by atoms with Crippen LogP contribution in [-0.4, -0.2) is 11.7 Å². The molecule has 2 atom stereocenters. The largest absolute Gasteiger partial charge is 0.485 e. The van der Waals surface area contributed by atoms with Crippen LogP contribution >= 0.6 is 22.6 Å². The van der Waals surface area contributed by atoms with Gasteiger partial charge in [-0.2, -0.15) is 0 Å². The van der Waals surface area contributed by atoms with Crippen LogP contribution in [0, 0.1) is 3.57 Å². The Hall–Kier alpha value is -0.290. The van der Waals surface area contributed by atoms with E-state index >= 15 is 0 Å². The quantitative estimate of drug-likeness (QED) is 0.543. The maximum atomic E-state index is 5.90. The number of benzene rings is 1. The molecule has 2 aliphatic rings. The molecule has 1 aromatic rings. The molecule has 0 N–H and O–H groups in total. The number of fused-ring (bicyclic) bond motifs is 3. The lowest BCUT2D eigenvalue weighted by Crippen LogP contribution is -2.37. The first-order chi connectivity index (χ1) is 6.58. The molecule has 1 saturated heterocycles. The molecule has 1 fully saturated rings. The second-order valence-electron chi connectivity index (χ2n) is 4.36. The summed E-state index contributed by atoms with van der Waals surface area (Å²) in [4.78, 5) is 0. The second kappa shape index (κ2) is 2.64. The molecule has 1 aromatic carbocycles. The molecule has 2 nitrogen and oxygen atoms in total. The smallest absolute Gasteiger partial charge is 0.132 e. The molecule has 2 heterocycles. The summed E-state index contributed by atoms with van der Waals surface area (Å²) in [5.74, 6) is 0.981. The molecule has 3 rings (SSSR count). The Morgan fingerprint density at radius 1 is 1.36 bits per heavy atom. The van der Waals surface area contributed by atoms with Gasteiger partial charge in [0.1, 0.15) is 23.6 Å². The van der Waals surface area contributed by atoms with E-state index in [0.29, 0.717) is 0 Å². The first-order valence-electron chi connectivity index (χ1n) is 4.72. The Balaban J connectivity index is 2.11. The van der Waals surface area contributed by atoms with Gasteiger partial charge in [0.15, 0.2) is 0 Å². The van der Waals surface area contributed by atoms with E-state index < -0.39 is 0 Å². The molecule has 0 aromatic heterocycles. The van der Waals surface area contributed by atoms with Gasteiger partial charge in [0.05, 0.1) is 0 Å². The lowest BCUT2D eigenvalue weighted by Gasteiger charge is -2.29. The summed E-state index contributed by atoms with van der Waals surface area (Å²) >= 11 is 2.31. The third-order valence-corrected chi connectivity index (χ3v) is 3.50. The predicted octanol–water partition coefficient (Wildman–Crippen LogP) is 2.90. The fourth-order valence-corrected chi connectivity index (χ4v) is 2.57. The number of hydrogen-bond acceptors (Lipinski definition) is 2. The zero-order chi connectivity index (χ0) is 9.92. The van der Waals surface area contributed by atoms with Crippen LogP contribution in [0.2, 0.25) is 0 Å². The van der Waals surface area contributed by atoms with Gasteiger partial charge in [0, 0.05) is 9.13 Å². The van der Waals surface area contributed by atoms with E-state index in [-0.39, 0.29) is 17.8 Å². The van der Waals surface area contributed by atoms with Crippen molar-refractivity contribution in [2.45, 2.75) is 31.7 Å². The molecule has 2 aliphatic heterocycles. The number of ether oxygens (including phenoxy) is 2. The summed E-state index contributed by atoms with van der Waals surface area (Å²) in [7, 11) is 0. The predicted molar refractivity (Wildman–Crippen MR) is 61.5 cm³/mol. The van der Waals surface area contributed by atoms with E-state index in [1.165, 1.54) is 9.13 Å². The first kappa shape index (κ1) is 8.97. The van der Waals surface area contributed by atoms with Crippen LogP contribution in [0.1, 0.15) is 25.5 Å². The van der Waals surface area contributed by atoms with Gasteiger partial charge in [0.25, 0.3) is 0 Å². The Bertz CT molecular complexity index is 400. The topological polar surface area (TPSA) is 21.8 Å². The normalized spacial score (nSPS) is 31.4. The van der Waals surface area contributed by atoms with Gasteiger partial charge in [-0.15, -0.1) is 0 Å². The molecule has 0 radical (unpaired) electrons. The van der Waals surface area contributed by atoms with E-state index in [1.54, 1.807) is 0 Å². The fourth-order valence-electron chi connectivity index (χ4n) is 2.05. The Morgan fingerprint density at radius 2 is 2.14 bits per heavy atom. The van der Waals surface area contributed by atoms with Gasteiger partial charge in [-0.1, -0.05) is 0 Å². The van der Waals surface area contributed by atoms with E-state index in [4.69, 9.17) is 9.47 Å². The first-order valence-corrected chi connectivity index (χ1v) is 5.80. The summed E-state index contributed by atoms with van der Waals surface area (Å²) in [6.45, 7) is 4.16. The standard InChI is InChI=1S/C11H11IO2/c1-11(2)10-9(13-10)7-5-6(12)3-4-8(7)14-11/h3-5,9-10H,1-2H3. The maximum Gasteiger partial charge on any atom is 0.132 e. The molecule has 0 saturated carbocycles. The Morgan fingerprint density at radius 3 is 2.93 bits per heavy atom. The van der Waals surface area contributed by atoms with Crippen molar-refractivity contribution >= 4 is 22.6 Å². The van der Waals surface area contributed by atoms with E-state index in [1.807, 2.05) is 6.07 Å². The number of halogens is 1. The molecule has 0 bridgehead atoms. The van der Waals surface area contributed by atoms with Crippen molar-refractivity contribution in [1.29, 1.82) is 0 Å². The minimum Gasteiger partial charge on any atom is -0.485 e. The van der Waals surface area contributed by atoms with E-state index in [0.717, 1.165) is 5.75 Å². The summed E-state index contributed by atoms with van der Waals surface area (Å²) in [5, 5.41) is 0. The molecule has 14 heavy (non-hydrogen) atoms. The number of epoxide rings is 1. The van der Waals surface area contributed by atoms with Crippen molar-refractivity contribution < 1.29 is 9.47 Å². The molecule has 74 valence electrons. The highest BCUT2D eigenvalue weighted by Crippen LogP contribution is 2.53. The average molecular weight is 302 g/mol. The minimum atomic E-state index is -0.176. The van der Waals surface area contributed by atoms with Gasteiger partial charge in [-0.25, -0.2) is 0 Å². The van der Waals surface area contributed by atoms with Crippen LogP contribution in [-0.2, 0) is 4.74 Å². The van der Waals surface area contributed by atoms with Crippen LogP contribution in [0.3, 0.4) is 0 Å². The van der Waals surface area contributed by atoms with Gasteiger partial charge < -0.3 is 9.47 Å². The van der Waals surface area contributed by atoms with Gasteiger partial charge >= 0.3 is 0 Å². The van der Waals surface area contributed by atoms with Gasteiger partial charge in [0.2, 0.25) is 0 Å². The Labute approximate surface area is 96.7 Å². The highest BCUT2D eigenvalue weighted by molar-refractivity contribution is 14.1. The Kier molecular flexibility index (Phi) is 1.69. The zero-order valence-corrected chi connectivity index (χ0v) is 10.2. The molecule has 0 amide bonds. The summed E-state index contributed by atoms with van der Waals surface area (Å²) < 4.78 is 12.8. The van der Waals surface area contributed by atoms with Crippen LogP contribution in [0.4, 0.5) is 0 Å². The average Bonchev–Trinajstić information content (AvgIpc) is 2.86. The summed E-state index contributed by atoms with van der Waals surface area (Å²) in [6.07, 6.45) is 0.511. The SMILES string of the molecule is CC1(C)Oc2ccc(I)cc2C2OC21. The minimum absolute atomic E-state index is 0.176. The lowest BCUT2D eigenvalue weighted by molar-refractivity contribution is 0.0725. The molecule has 0 aliphatic carbocycles. The number of rotatable bonds is 0. The molecule has 0 spiro atoms. The van der Waals surface area contributed by atoms with Crippen molar-refractivity contribution in [3.63, 3.8) is 0 Å². The van der Waals surface area contributed by atoms with Crippen molar-refractivity contribution in [3.05, 3.63) is 27.3 Å². The molecular formula is C11H11IO2. The van der Waals surface area contributed by atoms with E-state index in [9.17, 15) is 0 Å². The zero-order valence-electron chi connectivity index (χ0n) is 8.08. The monoisotopic (exact) mass is 302 g/mol. The van der Waals surface area contributed by atoms with Crippen molar-refractivity contribution in [2.75, 3.05) is 0 Å². The molecular weight excluding hydrogens is 291 g/mol. The van der Waals surface area contributed by atoms with Crippen LogP contribution in [0.25, 0.3) is 0 Å². The summed E-state index contributed by atoms with van der Waals surface area (Å²) in [5.41, 5.74) is 1.03. The van der Waals surface area contributed by atoms with Crippen LogP contribution < -0.4 is 4.74 Å². The fraction of sp³-hybridized carbons (Fsp3) is 0.455. The third-order valence-electron chi connectivity index (χ3n) is 2.83. The van der Waals surface area contributed by atoms with Crippen molar-refractivity contribution in [1.82, 2.24) is 0 Å². The second-order valence-corrected chi connectivity index (χ2v) is 5.61. The van der Waals surface area contributed by atoms with E-state index in [2.05, 4.69) is 48.6 Å². The lowest BCUT2D eigenvalue weighted by atomic mass is 9.94. The number of hydrogen-bond donors (Lipinski definition) is 0. The third kappa shape index (κ3) is 1.18. The van der Waals surface area contributed by atoms with Crippen LogP contribution in [0.15, 0.2) is 18.2 Å². The van der Waals surface area contributed by atoms with Gasteiger partial charge in [-0.3, -0.25) is 0 Å². The van der Waals surface area contributed by atoms with Crippen molar-refractivity contribution in [3.8, 4) is 5.75 Å². The molecule has 2 unspecified atom stereocenters.